The van der Waals surface area contributed by atoms with Gasteiger partial charge in [-0.25, -0.2) is 19.6 Å². The quantitative estimate of drug-likeness (QED) is 0.231. The normalized spacial score (nSPS) is 21.7. The highest BCUT2D eigenvalue weighted by Crippen LogP contribution is 2.52. The summed E-state index contributed by atoms with van der Waals surface area (Å²) in [6.45, 7) is 8.69. The molecular weight excluding hydrogens is 729 g/mol. The molecule has 3 saturated heterocycles. The number of fused-ring (bicyclic) bond motifs is 5. The number of carbonyl (C=O) groups excluding carboxylic acids is 4. The Balaban J connectivity index is 1.07. The number of rotatable bonds is 8. The predicted molar refractivity (Wildman–Crippen MR) is 207 cm³/mol. The summed E-state index contributed by atoms with van der Waals surface area (Å²) in [6, 6.07) is 2.05. The van der Waals surface area contributed by atoms with Gasteiger partial charge in [0.2, 0.25) is 11.8 Å². The Bertz CT molecular complexity index is 2000. The molecule has 0 saturated carbocycles. The summed E-state index contributed by atoms with van der Waals surface area (Å²) in [6.07, 6.45) is 6.99. The van der Waals surface area contributed by atoms with E-state index in [-0.39, 0.29) is 47.9 Å². The van der Waals surface area contributed by atoms with Crippen LogP contribution in [-0.4, -0.2) is 93.1 Å². The van der Waals surface area contributed by atoms with Gasteiger partial charge in [-0.15, -0.1) is 0 Å². The molecule has 6 heterocycles. The molecule has 0 aliphatic carbocycles. The number of H-pyrrole nitrogens is 2. The number of nitrogens with one attached hydrogen (secondary N) is 4. The number of carbonyl (C=O) groups is 4. The molecule has 3 fully saturated rings. The van der Waals surface area contributed by atoms with Gasteiger partial charge in [-0.3, -0.25) is 9.59 Å². The van der Waals surface area contributed by atoms with Crippen LogP contribution in [0.2, 0.25) is 0 Å². The fourth-order valence-electron chi connectivity index (χ4n) is 8.40. The highest BCUT2D eigenvalue weighted by molar-refractivity contribution is 5.87. The molecule has 15 nitrogen and oxygen atoms in total. The minimum absolute atomic E-state index is 0.0491. The van der Waals surface area contributed by atoms with Crippen LogP contribution in [0.15, 0.2) is 24.5 Å². The van der Waals surface area contributed by atoms with Crippen LogP contribution in [0.4, 0.5) is 9.59 Å². The molecule has 0 spiro atoms. The molecule has 0 radical (unpaired) electrons. The number of hydrogen-bond acceptors (Lipinski definition) is 9. The van der Waals surface area contributed by atoms with Crippen molar-refractivity contribution in [1.82, 2.24) is 40.4 Å². The van der Waals surface area contributed by atoms with Crippen LogP contribution >= 0.6 is 0 Å². The van der Waals surface area contributed by atoms with Crippen LogP contribution in [0.5, 0.6) is 0 Å². The van der Waals surface area contributed by atoms with Crippen molar-refractivity contribution in [2.45, 2.75) is 103 Å². The van der Waals surface area contributed by atoms with Gasteiger partial charge in [-0.2, -0.15) is 0 Å². The first-order chi connectivity index (χ1) is 27.5. The third kappa shape index (κ3) is 8.07. The second kappa shape index (κ2) is 16.7. The first kappa shape index (κ1) is 39.4. The minimum Gasteiger partial charge on any atom is -0.453 e. The zero-order valence-electron chi connectivity index (χ0n) is 33.2. The minimum atomic E-state index is -0.710. The number of likely N-dealkylation sites (tertiary alicyclic amines) is 2. The van der Waals surface area contributed by atoms with Gasteiger partial charge in [0.15, 0.2) is 0 Å². The van der Waals surface area contributed by atoms with Crippen molar-refractivity contribution in [2.24, 2.45) is 11.8 Å². The molecule has 15 heteroatoms. The largest absolute Gasteiger partial charge is 0.453 e. The SMILES string of the molecule is COC(=O)N[C@H](C(=O)N1CCC[C@@H]1c1ncc(C#Cc2ccc(C#Cc3cnc([C@@H]4CCCN4C(=O)[C@@H](NC(=O)OC)C(C)C)[nH]3)c3c2C2CCC3O2)[nH]1)C(C)C. The highest BCUT2D eigenvalue weighted by atomic mass is 16.5. The average Bonchev–Trinajstić information content (AvgIpc) is 4.06. The molecule has 7 rings (SSSR count). The van der Waals surface area contributed by atoms with Crippen molar-refractivity contribution in [1.29, 1.82) is 0 Å². The summed E-state index contributed by atoms with van der Waals surface area (Å²) in [4.78, 5) is 70.5. The van der Waals surface area contributed by atoms with Gasteiger partial charge in [0.25, 0.3) is 0 Å². The maximum absolute atomic E-state index is 13.6. The lowest BCUT2D eigenvalue weighted by atomic mass is 9.85. The van der Waals surface area contributed by atoms with E-state index in [0.717, 1.165) is 60.8 Å². The second-order valence-corrected chi connectivity index (χ2v) is 15.6. The lowest BCUT2D eigenvalue weighted by molar-refractivity contribution is -0.136. The topological polar surface area (TPSA) is 184 Å². The third-order valence-electron chi connectivity index (χ3n) is 11.3. The number of alkyl carbamates (subject to hydrolysis) is 2. The first-order valence-electron chi connectivity index (χ1n) is 19.7. The van der Waals surface area contributed by atoms with E-state index >= 15 is 0 Å². The molecular formula is C42H50N8O7. The number of hydrogen-bond donors (Lipinski definition) is 4. The van der Waals surface area contributed by atoms with Crippen molar-refractivity contribution < 1.29 is 33.4 Å². The van der Waals surface area contributed by atoms with Crippen molar-refractivity contribution in [2.75, 3.05) is 27.3 Å². The number of aromatic amines is 2. The molecule has 2 aromatic heterocycles. The lowest BCUT2D eigenvalue weighted by Gasteiger charge is -2.29. The van der Waals surface area contributed by atoms with E-state index in [1.165, 1.54) is 14.2 Å². The number of aromatic nitrogens is 4. The molecule has 1 aromatic carbocycles. The first-order valence-corrected chi connectivity index (χ1v) is 19.7. The Morgan fingerprint density at radius 1 is 0.702 bits per heavy atom. The van der Waals surface area contributed by atoms with Gasteiger partial charge in [-0.1, -0.05) is 39.5 Å². The maximum atomic E-state index is 13.6. The van der Waals surface area contributed by atoms with E-state index in [2.05, 4.69) is 54.3 Å². The summed E-state index contributed by atoms with van der Waals surface area (Å²) in [7, 11) is 2.56. The standard InChI is InChI=1S/C42H50N8O7/c1-23(2)35(47-41(53)55-5)39(51)49-19-7-9-29(49)37-43-21-27(45-37)15-13-25-11-12-26(34-32-18-17-31(57-32)33(25)34)14-16-28-22-44-38(46-28)30-10-8-20-50(30)40(52)36(24(3)4)48-42(54)56-6/h11-12,21-24,29-32,35-36H,7-10,17-20H2,1-6H3,(H,43,45)(H,44,46)(H,47,53)(H,48,54)/t29-,30+,31?,32?,35-,36-/m0/s1. The van der Waals surface area contributed by atoms with Gasteiger partial charge in [0.05, 0.1) is 50.9 Å². The van der Waals surface area contributed by atoms with Gasteiger partial charge in [-0.05, 0) is 74.3 Å². The Hall–Kier alpha value is -5.80. The van der Waals surface area contributed by atoms with E-state index in [1.54, 1.807) is 22.2 Å². The summed E-state index contributed by atoms with van der Waals surface area (Å²) >= 11 is 0. The van der Waals surface area contributed by atoms with E-state index in [0.29, 0.717) is 36.1 Å². The fourth-order valence-corrected chi connectivity index (χ4v) is 8.40. The predicted octanol–water partition coefficient (Wildman–Crippen LogP) is 4.93. The lowest BCUT2D eigenvalue weighted by Crippen LogP contribution is -2.51. The van der Waals surface area contributed by atoms with Crippen molar-refractivity contribution in [3.8, 4) is 23.7 Å². The van der Waals surface area contributed by atoms with Crippen LogP contribution in [0.1, 0.15) is 136 Å². The third-order valence-corrected chi connectivity index (χ3v) is 11.3. The number of imidazole rings is 2. The van der Waals surface area contributed by atoms with Gasteiger partial charge in [0.1, 0.15) is 35.1 Å². The smallest absolute Gasteiger partial charge is 0.407 e. The van der Waals surface area contributed by atoms with Crippen molar-refractivity contribution >= 4 is 24.0 Å². The zero-order chi connectivity index (χ0) is 40.4. The van der Waals surface area contributed by atoms with Crippen LogP contribution in [0, 0.1) is 35.5 Å². The van der Waals surface area contributed by atoms with Gasteiger partial charge >= 0.3 is 12.2 Å². The fraction of sp³-hybridized carbons (Fsp3) is 0.524. The molecule has 4 aliphatic rings. The monoisotopic (exact) mass is 778 g/mol. The Morgan fingerprint density at radius 3 is 1.51 bits per heavy atom. The van der Waals surface area contributed by atoms with Crippen LogP contribution in [0.3, 0.4) is 0 Å². The summed E-state index contributed by atoms with van der Waals surface area (Å²) in [5.74, 6) is 14.0. The highest BCUT2D eigenvalue weighted by Gasteiger charge is 2.42. The van der Waals surface area contributed by atoms with Crippen molar-refractivity contribution in [3.63, 3.8) is 0 Å². The average molecular weight is 779 g/mol. The molecule has 57 heavy (non-hydrogen) atoms. The van der Waals surface area contributed by atoms with E-state index < -0.39 is 24.3 Å². The number of ether oxygens (including phenoxy) is 3. The summed E-state index contributed by atoms with van der Waals surface area (Å²) in [5, 5.41) is 5.37. The molecule has 3 aromatic rings. The molecule has 4 N–H and O–H groups in total. The zero-order valence-corrected chi connectivity index (χ0v) is 33.2. The number of nitrogens with zero attached hydrogens (tertiary/aromatic N) is 4. The molecule has 4 amide bonds. The van der Waals surface area contributed by atoms with Crippen molar-refractivity contribution in [3.05, 3.63) is 69.8 Å². The van der Waals surface area contributed by atoms with Crippen LogP contribution in [-0.2, 0) is 23.8 Å². The van der Waals surface area contributed by atoms with Gasteiger partial charge in [0, 0.05) is 35.3 Å². The van der Waals surface area contributed by atoms with E-state index in [9.17, 15) is 19.2 Å². The second-order valence-electron chi connectivity index (χ2n) is 15.6. The van der Waals surface area contributed by atoms with Crippen LogP contribution in [0.25, 0.3) is 0 Å². The van der Waals surface area contributed by atoms with Crippen LogP contribution < -0.4 is 10.6 Å². The van der Waals surface area contributed by atoms with E-state index in [4.69, 9.17) is 14.2 Å². The molecule has 6 atom stereocenters. The number of amides is 4. The number of methoxy groups -OCH3 is 2. The summed E-state index contributed by atoms with van der Waals surface area (Å²) < 4.78 is 15.9. The molecule has 4 aliphatic heterocycles. The Labute approximate surface area is 332 Å². The molecule has 300 valence electrons. The molecule has 2 bridgehead atoms. The number of benzene rings is 1. The van der Waals surface area contributed by atoms with E-state index in [1.807, 2.05) is 39.8 Å². The summed E-state index contributed by atoms with van der Waals surface area (Å²) in [5.41, 5.74) is 5.16. The van der Waals surface area contributed by atoms with Gasteiger partial charge < -0.3 is 44.6 Å². The molecule has 2 unspecified atom stereocenters. The maximum Gasteiger partial charge on any atom is 0.407 e. The Kier molecular flexibility index (Phi) is 11.6. The Morgan fingerprint density at radius 2 is 1.12 bits per heavy atom.